The average molecular weight is 192 g/mol. The minimum Gasteiger partial charge on any atom is -0.466 e. The summed E-state index contributed by atoms with van der Waals surface area (Å²) in [4.78, 5) is 0. The van der Waals surface area contributed by atoms with Crippen molar-refractivity contribution in [3.05, 3.63) is 36.3 Å². The van der Waals surface area contributed by atoms with Gasteiger partial charge in [-0.25, -0.2) is 0 Å². The maximum absolute atomic E-state index is 5.69. The van der Waals surface area contributed by atoms with Gasteiger partial charge in [-0.3, -0.25) is 0 Å². The molecule has 1 aromatic heterocycles. The standard InChI is InChI=1S/C13H20O/c1-4-5-6-12-9-10-13(14-12)8-7-11(2)3/h4,9-11H,1,5-8H2,2-3H3. The largest absolute Gasteiger partial charge is 0.466 e. The maximum atomic E-state index is 5.69. The Balaban J connectivity index is 2.38. The van der Waals surface area contributed by atoms with Crippen molar-refractivity contribution in [2.45, 2.75) is 39.5 Å². The summed E-state index contributed by atoms with van der Waals surface area (Å²) in [6.07, 6.45) is 6.17. The Morgan fingerprint density at radius 2 is 1.93 bits per heavy atom. The minimum atomic E-state index is 0.747. The molecule has 1 nitrogen and oxygen atoms in total. The number of aryl methyl sites for hydroxylation is 2. The number of furan rings is 1. The summed E-state index contributed by atoms with van der Waals surface area (Å²) < 4.78 is 5.69. The third kappa shape index (κ3) is 3.82. The van der Waals surface area contributed by atoms with Crippen LogP contribution in [0, 0.1) is 5.92 Å². The lowest BCUT2D eigenvalue weighted by molar-refractivity contribution is 0.444. The lowest BCUT2D eigenvalue weighted by atomic mass is 10.1. The normalized spacial score (nSPS) is 10.8. The zero-order chi connectivity index (χ0) is 10.4. The first-order chi connectivity index (χ1) is 6.72. The molecule has 0 N–H and O–H groups in total. The topological polar surface area (TPSA) is 13.1 Å². The molecule has 0 fully saturated rings. The first-order valence-electron chi connectivity index (χ1n) is 5.41. The maximum Gasteiger partial charge on any atom is 0.104 e. The van der Waals surface area contributed by atoms with Crippen LogP contribution in [0.5, 0.6) is 0 Å². The molecule has 0 unspecified atom stereocenters. The summed E-state index contributed by atoms with van der Waals surface area (Å²) in [5, 5.41) is 0. The lowest BCUT2D eigenvalue weighted by Gasteiger charge is -2.01. The summed E-state index contributed by atoms with van der Waals surface area (Å²) in [6, 6.07) is 4.18. The molecule has 0 spiro atoms. The molecule has 0 aliphatic carbocycles. The smallest absolute Gasteiger partial charge is 0.104 e. The average Bonchev–Trinajstić information content (AvgIpc) is 2.59. The fourth-order valence-corrected chi connectivity index (χ4v) is 1.37. The van der Waals surface area contributed by atoms with Crippen molar-refractivity contribution in [2.24, 2.45) is 5.92 Å². The van der Waals surface area contributed by atoms with Crippen LogP contribution in [0.25, 0.3) is 0 Å². The van der Waals surface area contributed by atoms with E-state index < -0.39 is 0 Å². The molecule has 0 aromatic carbocycles. The molecule has 0 atom stereocenters. The molecule has 78 valence electrons. The summed E-state index contributed by atoms with van der Waals surface area (Å²) in [5.74, 6) is 2.96. The molecule has 1 aromatic rings. The van der Waals surface area contributed by atoms with Gasteiger partial charge in [-0.15, -0.1) is 6.58 Å². The quantitative estimate of drug-likeness (QED) is 0.621. The van der Waals surface area contributed by atoms with E-state index in [1.807, 2.05) is 6.08 Å². The Hall–Kier alpha value is -0.980. The highest BCUT2D eigenvalue weighted by molar-refractivity contribution is 5.08. The highest BCUT2D eigenvalue weighted by Gasteiger charge is 2.02. The molecule has 0 radical (unpaired) electrons. The fourth-order valence-electron chi connectivity index (χ4n) is 1.37. The first kappa shape index (κ1) is 11.1. The van der Waals surface area contributed by atoms with E-state index in [0.29, 0.717) is 0 Å². The predicted octanol–water partition coefficient (Wildman–Crippen LogP) is 3.99. The van der Waals surface area contributed by atoms with Crippen LogP contribution in [-0.4, -0.2) is 0 Å². The van der Waals surface area contributed by atoms with Crippen LogP contribution in [0.3, 0.4) is 0 Å². The highest BCUT2D eigenvalue weighted by Crippen LogP contribution is 2.14. The monoisotopic (exact) mass is 192 g/mol. The van der Waals surface area contributed by atoms with E-state index in [0.717, 1.165) is 36.7 Å². The van der Waals surface area contributed by atoms with Gasteiger partial charge in [-0.2, -0.15) is 0 Å². The summed E-state index contributed by atoms with van der Waals surface area (Å²) in [5.41, 5.74) is 0. The van der Waals surface area contributed by atoms with Gasteiger partial charge in [0.25, 0.3) is 0 Å². The Kier molecular flexibility index (Phi) is 4.51. The molecule has 0 saturated carbocycles. The van der Waals surface area contributed by atoms with Gasteiger partial charge in [-0.1, -0.05) is 19.9 Å². The molecular formula is C13H20O. The van der Waals surface area contributed by atoms with Crippen molar-refractivity contribution in [3.63, 3.8) is 0 Å². The van der Waals surface area contributed by atoms with Crippen LogP contribution in [0.2, 0.25) is 0 Å². The molecule has 0 aliphatic heterocycles. The number of allylic oxidation sites excluding steroid dienone is 1. The van der Waals surface area contributed by atoms with Crippen molar-refractivity contribution < 1.29 is 4.42 Å². The third-order valence-corrected chi connectivity index (χ3v) is 2.28. The SMILES string of the molecule is C=CCCc1ccc(CCC(C)C)o1. The highest BCUT2D eigenvalue weighted by atomic mass is 16.3. The van der Waals surface area contributed by atoms with Crippen molar-refractivity contribution >= 4 is 0 Å². The molecule has 1 rings (SSSR count). The Labute approximate surface area is 86.8 Å². The number of hydrogen-bond acceptors (Lipinski definition) is 1. The van der Waals surface area contributed by atoms with E-state index in [9.17, 15) is 0 Å². The molecular weight excluding hydrogens is 172 g/mol. The van der Waals surface area contributed by atoms with Crippen molar-refractivity contribution in [2.75, 3.05) is 0 Å². The number of hydrogen-bond donors (Lipinski definition) is 0. The molecule has 14 heavy (non-hydrogen) atoms. The Bertz CT molecular complexity index is 271. The van der Waals surface area contributed by atoms with E-state index in [-0.39, 0.29) is 0 Å². The second kappa shape index (κ2) is 5.69. The van der Waals surface area contributed by atoms with Gasteiger partial charge in [0.2, 0.25) is 0 Å². The van der Waals surface area contributed by atoms with Gasteiger partial charge in [0, 0.05) is 12.8 Å². The van der Waals surface area contributed by atoms with E-state index in [1.54, 1.807) is 0 Å². The van der Waals surface area contributed by atoms with Crippen molar-refractivity contribution in [1.29, 1.82) is 0 Å². The third-order valence-electron chi connectivity index (χ3n) is 2.28. The van der Waals surface area contributed by atoms with Crippen LogP contribution in [-0.2, 0) is 12.8 Å². The van der Waals surface area contributed by atoms with Crippen molar-refractivity contribution in [1.82, 2.24) is 0 Å². The lowest BCUT2D eigenvalue weighted by Crippen LogP contribution is -1.90. The molecule has 0 amide bonds. The molecule has 0 bridgehead atoms. The van der Waals surface area contributed by atoms with Crippen LogP contribution in [0.1, 0.15) is 38.2 Å². The van der Waals surface area contributed by atoms with E-state index in [2.05, 4.69) is 32.6 Å². The minimum absolute atomic E-state index is 0.747. The molecule has 0 aliphatic rings. The zero-order valence-corrected chi connectivity index (χ0v) is 9.25. The van der Waals surface area contributed by atoms with E-state index in [4.69, 9.17) is 4.42 Å². The van der Waals surface area contributed by atoms with Gasteiger partial charge in [0.1, 0.15) is 11.5 Å². The summed E-state index contributed by atoms with van der Waals surface area (Å²) in [7, 11) is 0. The van der Waals surface area contributed by atoms with Gasteiger partial charge in [-0.05, 0) is 30.9 Å². The second-order valence-corrected chi connectivity index (χ2v) is 4.13. The zero-order valence-electron chi connectivity index (χ0n) is 9.25. The Morgan fingerprint density at radius 3 is 2.50 bits per heavy atom. The van der Waals surface area contributed by atoms with Gasteiger partial charge in [0.05, 0.1) is 0 Å². The van der Waals surface area contributed by atoms with Gasteiger partial charge >= 0.3 is 0 Å². The van der Waals surface area contributed by atoms with Crippen LogP contribution >= 0.6 is 0 Å². The molecule has 0 saturated heterocycles. The van der Waals surface area contributed by atoms with Gasteiger partial charge in [0.15, 0.2) is 0 Å². The second-order valence-electron chi connectivity index (χ2n) is 4.13. The molecule has 1 heterocycles. The van der Waals surface area contributed by atoms with Crippen molar-refractivity contribution in [3.8, 4) is 0 Å². The van der Waals surface area contributed by atoms with Gasteiger partial charge < -0.3 is 4.42 Å². The predicted molar refractivity (Wildman–Crippen MR) is 60.4 cm³/mol. The number of rotatable bonds is 6. The summed E-state index contributed by atoms with van der Waals surface area (Å²) in [6.45, 7) is 8.18. The van der Waals surface area contributed by atoms with Crippen LogP contribution in [0.4, 0.5) is 0 Å². The fraction of sp³-hybridized carbons (Fsp3) is 0.538. The summed E-state index contributed by atoms with van der Waals surface area (Å²) >= 11 is 0. The Morgan fingerprint density at radius 1 is 1.29 bits per heavy atom. The first-order valence-corrected chi connectivity index (χ1v) is 5.41. The van der Waals surface area contributed by atoms with E-state index >= 15 is 0 Å². The van der Waals surface area contributed by atoms with Crippen LogP contribution in [0.15, 0.2) is 29.2 Å². The van der Waals surface area contributed by atoms with E-state index in [1.165, 1.54) is 6.42 Å². The van der Waals surface area contributed by atoms with Crippen LogP contribution < -0.4 is 0 Å². The molecule has 1 heteroatoms.